The summed E-state index contributed by atoms with van der Waals surface area (Å²) >= 11 is 6.09. The second kappa shape index (κ2) is 9.57. The number of ether oxygens (including phenoxy) is 1. The number of aromatic nitrogens is 2. The van der Waals surface area contributed by atoms with Crippen LogP contribution in [0.3, 0.4) is 0 Å². The number of methoxy groups -OCH3 is 1. The maximum Gasteiger partial charge on any atom is 0.410 e. The molecule has 2 aliphatic heterocycles. The average molecular weight is 520 g/mol. The molecule has 36 heavy (non-hydrogen) atoms. The van der Waals surface area contributed by atoms with Crippen molar-refractivity contribution in [1.29, 1.82) is 0 Å². The first kappa shape index (κ1) is 24.3. The molecular formula is C25H25ClF3N5O2. The number of nitrogens with one attached hydrogen (secondary N) is 1. The van der Waals surface area contributed by atoms with E-state index >= 15 is 0 Å². The molecule has 3 heterocycles. The van der Waals surface area contributed by atoms with Crippen LogP contribution in [0.5, 0.6) is 5.75 Å². The molecule has 0 aliphatic carbocycles. The predicted molar refractivity (Wildman–Crippen MR) is 131 cm³/mol. The molecule has 0 radical (unpaired) electrons. The third-order valence-corrected chi connectivity index (χ3v) is 6.90. The Labute approximate surface area is 211 Å². The lowest BCUT2D eigenvalue weighted by Crippen LogP contribution is -2.49. The number of halogens is 4. The molecule has 0 bridgehead atoms. The fourth-order valence-electron chi connectivity index (χ4n) is 4.74. The summed E-state index contributed by atoms with van der Waals surface area (Å²) in [6.45, 7) is 2.03. The molecule has 5 rings (SSSR count). The number of carbonyl (C=O) groups excluding carboxylic acids is 1. The zero-order chi connectivity index (χ0) is 25.4. The molecule has 1 saturated heterocycles. The summed E-state index contributed by atoms with van der Waals surface area (Å²) in [5.41, 5.74) is 1.66. The van der Waals surface area contributed by atoms with Gasteiger partial charge in [0.2, 0.25) is 0 Å². The monoisotopic (exact) mass is 519 g/mol. The number of amides is 1. The van der Waals surface area contributed by atoms with E-state index in [4.69, 9.17) is 16.3 Å². The molecule has 11 heteroatoms. The molecule has 2 aromatic carbocycles. The van der Waals surface area contributed by atoms with E-state index in [2.05, 4.69) is 15.3 Å². The molecular weight excluding hydrogens is 495 g/mol. The number of benzene rings is 2. The molecule has 0 saturated carbocycles. The highest BCUT2D eigenvalue weighted by Crippen LogP contribution is 2.44. The van der Waals surface area contributed by atoms with Crippen LogP contribution in [0.4, 0.5) is 24.7 Å². The van der Waals surface area contributed by atoms with Crippen LogP contribution in [0.1, 0.15) is 34.6 Å². The highest BCUT2D eigenvalue weighted by Gasteiger charge is 2.47. The number of alkyl halides is 3. The van der Waals surface area contributed by atoms with Gasteiger partial charge in [0, 0.05) is 49.4 Å². The number of fused-ring (bicyclic) bond motifs is 1. The third-order valence-electron chi connectivity index (χ3n) is 6.67. The van der Waals surface area contributed by atoms with E-state index in [0.29, 0.717) is 42.5 Å². The summed E-state index contributed by atoms with van der Waals surface area (Å²) in [4.78, 5) is 16.9. The van der Waals surface area contributed by atoms with Gasteiger partial charge in [-0.05, 0) is 35.9 Å². The Morgan fingerprint density at radius 2 is 1.81 bits per heavy atom. The minimum absolute atomic E-state index is 0.00154. The molecule has 7 nitrogen and oxygen atoms in total. The number of carbonyl (C=O) groups is 1. The number of nitrogens with zero attached hydrogens (tertiary/aromatic N) is 4. The highest BCUT2D eigenvalue weighted by atomic mass is 35.5. The van der Waals surface area contributed by atoms with Crippen LogP contribution < -0.4 is 15.0 Å². The van der Waals surface area contributed by atoms with Crippen molar-refractivity contribution in [3.8, 4) is 5.75 Å². The van der Waals surface area contributed by atoms with Crippen LogP contribution in [-0.4, -0.2) is 60.1 Å². The van der Waals surface area contributed by atoms with Crippen LogP contribution in [0.2, 0.25) is 5.02 Å². The first-order valence-electron chi connectivity index (χ1n) is 11.6. The van der Waals surface area contributed by atoms with Crippen molar-refractivity contribution in [2.24, 2.45) is 0 Å². The van der Waals surface area contributed by atoms with E-state index < -0.39 is 18.3 Å². The summed E-state index contributed by atoms with van der Waals surface area (Å²) < 4.78 is 48.1. The maximum absolute atomic E-state index is 14.0. The van der Waals surface area contributed by atoms with Crippen molar-refractivity contribution in [3.63, 3.8) is 0 Å². The van der Waals surface area contributed by atoms with E-state index in [1.807, 2.05) is 18.2 Å². The second-order valence-electron chi connectivity index (χ2n) is 8.88. The highest BCUT2D eigenvalue weighted by molar-refractivity contribution is 6.30. The Bertz CT molecular complexity index is 1240. The number of piperazine rings is 1. The summed E-state index contributed by atoms with van der Waals surface area (Å²) in [7, 11) is 1.53. The normalized spacial score (nSPS) is 20.0. The SMILES string of the molecule is COc1ccc([C@@H]2C[C@H](C(F)(F)F)n3nc(C(=O)N4CCN(c5cccc(Cl)c5)CC4)cc3N2)cc1. The molecule has 2 aliphatic rings. The van der Waals surface area contributed by atoms with E-state index in [1.54, 1.807) is 35.2 Å². The lowest BCUT2D eigenvalue weighted by atomic mass is 9.97. The lowest BCUT2D eigenvalue weighted by Gasteiger charge is -2.35. The van der Waals surface area contributed by atoms with Crippen LogP contribution in [0.25, 0.3) is 0 Å². The molecule has 0 unspecified atom stereocenters. The Hall–Kier alpha value is -3.40. The van der Waals surface area contributed by atoms with Crippen LogP contribution in [0.15, 0.2) is 54.6 Å². The van der Waals surface area contributed by atoms with Crippen molar-refractivity contribution in [3.05, 3.63) is 70.9 Å². The van der Waals surface area contributed by atoms with E-state index in [0.717, 1.165) is 10.4 Å². The minimum atomic E-state index is -4.52. The molecule has 1 N–H and O–H groups in total. The Balaban J connectivity index is 1.34. The summed E-state index contributed by atoms with van der Waals surface area (Å²) in [5.74, 6) is 0.409. The van der Waals surface area contributed by atoms with Crippen molar-refractivity contribution in [2.75, 3.05) is 43.5 Å². The molecule has 2 atom stereocenters. The zero-order valence-corrected chi connectivity index (χ0v) is 20.3. The van der Waals surface area contributed by atoms with Crippen LogP contribution >= 0.6 is 11.6 Å². The largest absolute Gasteiger partial charge is 0.497 e. The molecule has 0 spiro atoms. The molecule has 1 fully saturated rings. The third kappa shape index (κ3) is 4.82. The smallest absolute Gasteiger partial charge is 0.410 e. The first-order valence-corrected chi connectivity index (χ1v) is 12.0. The summed E-state index contributed by atoms with van der Waals surface area (Å²) in [6.07, 6.45) is -4.76. The Morgan fingerprint density at radius 3 is 2.44 bits per heavy atom. The predicted octanol–water partition coefficient (Wildman–Crippen LogP) is 5.17. The minimum Gasteiger partial charge on any atom is -0.497 e. The van der Waals surface area contributed by atoms with Gasteiger partial charge in [-0.15, -0.1) is 0 Å². The van der Waals surface area contributed by atoms with Gasteiger partial charge in [0.05, 0.1) is 13.2 Å². The van der Waals surface area contributed by atoms with Gasteiger partial charge < -0.3 is 19.9 Å². The molecule has 190 valence electrons. The standard InChI is InChI=1S/C25H25ClF3N5O2/c1-36-19-7-5-16(6-8-19)20-14-22(25(27,28)29)34-23(30-20)15-21(31-34)24(35)33-11-9-32(10-12-33)18-4-2-3-17(26)13-18/h2-8,13,15,20,22,30H,9-12,14H2,1H3/t20-,22+/m0/s1. The number of hydrogen-bond acceptors (Lipinski definition) is 5. The van der Waals surface area contributed by atoms with Gasteiger partial charge >= 0.3 is 6.18 Å². The van der Waals surface area contributed by atoms with Crippen molar-refractivity contribution in [1.82, 2.24) is 14.7 Å². The topological polar surface area (TPSA) is 62.6 Å². The maximum atomic E-state index is 14.0. The second-order valence-corrected chi connectivity index (χ2v) is 9.32. The van der Waals surface area contributed by atoms with Crippen LogP contribution in [-0.2, 0) is 0 Å². The zero-order valence-electron chi connectivity index (χ0n) is 19.5. The van der Waals surface area contributed by atoms with Crippen molar-refractivity contribution in [2.45, 2.75) is 24.7 Å². The van der Waals surface area contributed by atoms with Crippen molar-refractivity contribution < 1.29 is 22.7 Å². The number of hydrogen-bond donors (Lipinski definition) is 1. The van der Waals surface area contributed by atoms with Crippen LogP contribution in [0, 0.1) is 0 Å². The molecule has 1 aromatic heterocycles. The van der Waals surface area contributed by atoms with Crippen molar-refractivity contribution >= 4 is 29.0 Å². The Morgan fingerprint density at radius 1 is 1.08 bits per heavy atom. The number of anilines is 2. The number of rotatable bonds is 4. The van der Waals surface area contributed by atoms with Gasteiger partial charge in [0.25, 0.3) is 5.91 Å². The first-order chi connectivity index (χ1) is 17.2. The fourth-order valence-corrected chi connectivity index (χ4v) is 4.92. The van der Waals surface area contributed by atoms with Gasteiger partial charge in [0.1, 0.15) is 11.6 Å². The summed E-state index contributed by atoms with van der Waals surface area (Å²) in [6, 6.07) is 13.4. The quantitative estimate of drug-likeness (QED) is 0.515. The van der Waals surface area contributed by atoms with Gasteiger partial charge in [-0.1, -0.05) is 29.8 Å². The lowest BCUT2D eigenvalue weighted by molar-refractivity contribution is -0.173. The van der Waals surface area contributed by atoms with E-state index in [-0.39, 0.29) is 23.8 Å². The van der Waals surface area contributed by atoms with Gasteiger partial charge in [0.15, 0.2) is 11.7 Å². The molecule has 1 amide bonds. The molecule has 3 aromatic rings. The van der Waals surface area contributed by atoms with E-state index in [1.165, 1.54) is 13.2 Å². The van der Waals surface area contributed by atoms with E-state index in [9.17, 15) is 18.0 Å². The fraction of sp³-hybridized carbons (Fsp3) is 0.360. The Kier molecular flexibility index (Phi) is 6.46. The van der Waals surface area contributed by atoms with Gasteiger partial charge in [-0.3, -0.25) is 4.79 Å². The average Bonchev–Trinajstić information content (AvgIpc) is 3.31. The van der Waals surface area contributed by atoms with Gasteiger partial charge in [-0.2, -0.15) is 18.3 Å². The summed E-state index contributed by atoms with van der Waals surface area (Å²) in [5, 5.41) is 7.88. The van der Waals surface area contributed by atoms with Gasteiger partial charge in [-0.25, -0.2) is 4.68 Å².